The number of nitrogens with one attached hydrogen (secondary N) is 2. The summed E-state index contributed by atoms with van der Waals surface area (Å²) in [6.45, 7) is 5.25. The fourth-order valence-electron chi connectivity index (χ4n) is 3.90. The van der Waals surface area contributed by atoms with E-state index in [9.17, 15) is 4.79 Å². The zero-order valence-corrected chi connectivity index (χ0v) is 19.8. The Hall–Kier alpha value is -3.60. The Morgan fingerprint density at radius 1 is 1.12 bits per heavy atom. The van der Waals surface area contributed by atoms with Crippen LogP contribution >= 0.6 is 0 Å². The summed E-state index contributed by atoms with van der Waals surface area (Å²) in [7, 11) is 3.40. The van der Waals surface area contributed by atoms with Crippen molar-refractivity contribution in [1.29, 1.82) is 0 Å². The van der Waals surface area contributed by atoms with E-state index in [1.165, 1.54) is 25.3 Å². The number of aromatic nitrogens is 2. The molecule has 2 aliphatic heterocycles. The number of benzene rings is 1. The molecule has 0 atom stereocenters. The molecule has 34 heavy (non-hydrogen) atoms. The van der Waals surface area contributed by atoms with Crippen LogP contribution in [-0.2, 0) is 14.4 Å². The smallest absolute Gasteiger partial charge is 0.207 e. The van der Waals surface area contributed by atoms with Crippen LogP contribution in [0.4, 0.5) is 23.0 Å². The van der Waals surface area contributed by atoms with Crippen LogP contribution in [0.1, 0.15) is 18.4 Å². The standard InChI is InChI=1S/C12H18N6O2.C11H16N2O/c1-20-17-6-10-11(13)14-7-15-12(10)18-4-2-9(3-5-18)16-8-19;1-12-10-2-4-11(5-3-10)13-6-8-14-9-7-13/h6-9H,2-5H2,1H3,(H,16,19)(H2,13,14,15);2-5,12H,6-9H2,1H3/b17-6+;. The molecule has 1 aromatic heterocycles. The van der Waals surface area contributed by atoms with E-state index < -0.39 is 0 Å². The molecule has 2 saturated heterocycles. The minimum atomic E-state index is 0.221. The lowest BCUT2D eigenvalue weighted by Gasteiger charge is -2.33. The van der Waals surface area contributed by atoms with Crippen LogP contribution in [0.5, 0.6) is 0 Å². The minimum Gasteiger partial charge on any atom is -0.399 e. The van der Waals surface area contributed by atoms with E-state index in [1.54, 1.807) is 0 Å². The normalized spacial score (nSPS) is 16.5. The van der Waals surface area contributed by atoms with Gasteiger partial charge in [0.15, 0.2) is 0 Å². The van der Waals surface area contributed by atoms with E-state index in [0.29, 0.717) is 11.4 Å². The van der Waals surface area contributed by atoms with Gasteiger partial charge >= 0.3 is 0 Å². The number of piperidine rings is 1. The summed E-state index contributed by atoms with van der Waals surface area (Å²) in [6.07, 6.45) is 5.43. The number of oxime groups is 1. The SMILES string of the molecule is CNc1ccc(N2CCOCC2)cc1.CO/N=C/c1c(N)ncnc1N1CCC(NC=O)CC1. The molecule has 0 radical (unpaired) electrons. The molecule has 3 heterocycles. The maximum absolute atomic E-state index is 10.4. The van der Waals surface area contributed by atoms with Gasteiger partial charge in [0.1, 0.15) is 25.1 Å². The van der Waals surface area contributed by atoms with Gasteiger partial charge in [0.2, 0.25) is 6.41 Å². The largest absolute Gasteiger partial charge is 0.399 e. The van der Waals surface area contributed by atoms with Crippen molar-refractivity contribution in [2.45, 2.75) is 18.9 Å². The first-order valence-corrected chi connectivity index (χ1v) is 11.4. The van der Waals surface area contributed by atoms with Crippen molar-refractivity contribution in [1.82, 2.24) is 15.3 Å². The molecule has 0 unspecified atom stereocenters. The molecule has 1 aromatic carbocycles. The van der Waals surface area contributed by atoms with E-state index in [0.717, 1.165) is 70.1 Å². The van der Waals surface area contributed by atoms with Crippen LogP contribution in [-0.4, -0.2) is 82.2 Å². The van der Waals surface area contributed by atoms with E-state index in [2.05, 4.69) is 64.7 Å². The molecule has 4 N–H and O–H groups in total. The maximum Gasteiger partial charge on any atom is 0.207 e. The van der Waals surface area contributed by atoms with Crippen molar-refractivity contribution in [2.24, 2.45) is 5.16 Å². The number of anilines is 4. The van der Waals surface area contributed by atoms with E-state index in [4.69, 9.17) is 10.5 Å². The van der Waals surface area contributed by atoms with Crippen LogP contribution < -0.4 is 26.2 Å². The highest BCUT2D eigenvalue weighted by Crippen LogP contribution is 2.23. The van der Waals surface area contributed by atoms with Gasteiger partial charge in [0, 0.05) is 50.6 Å². The average Bonchev–Trinajstić information content (AvgIpc) is 2.89. The first-order chi connectivity index (χ1) is 16.7. The number of morpholine rings is 1. The highest BCUT2D eigenvalue weighted by atomic mass is 16.6. The molecule has 1 amide bonds. The molecular formula is C23H34N8O3. The van der Waals surface area contributed by atoms with Crippen molar-refractivity contribution < 1.29 is 14.4 Å². The van der Waals surface area contributed by atoms with Crippen molar-refractivity contribution in [3.05, 3.63) is 36.2 Å². The Balaban J connectivity index is 0.000000202. The molecule has 11 nitrogen and oxygen atoms in total. The Labute approximate surface area is 200 Å². The lowest BCUT2D eigenvalue weighted by molar-refractivity contribution is -0.110. The second-order valence-corrected chi connectivity index (χ2v) is 7.86. The fourth-order valence-corrected chi connectivity index (χ4v) is 3.90. The summed E-state index contributed by atoms with van der Waals surface area (Å²) in [5, 5.41) is 9.65. The zero-order chi connectivity index (χ0) is 24.2. The first kappa shape index (κ1) is 25.0. The first-order valence-electron chi connectivity index (χ1n) is 11.4. The molecule has 4 rings (SSSR count). The minimum absolute atomic E-state index is 0.221. The molecule has 0 bridgehead atoms. The number of hydrogen-bond donors (Lipinski definition) is 3. The molecule has 0 saturated carbocycles. The van der Waals surface area contributed by atoms with Gasteiger partial charge in [0.25, 0.3) is 0 Å². The van der Waals surface area contributed by atoms with Crippen LogP contribution in [0, 0.1) is 0 Å². The summed E-state index contributed by atoms with van der Waals surface area (Å²) in [4.78, 5) is 27.8. The number of ether oxygens (including phenoxy) is 1. The topological polar surface area (TPSA) is 130 Å². The fraction of sp³-hybridized carbons (Fsp3) is 0.478. The molecule has 0 spiro atoms. The maximum atomic E-state index is 10.4. The molecule has 11 heteroatoms. The highest BCUT2D eigenvalue weighted by Gasteiger charge is 2.22. The number of nitrogens with zero attached hydrogens (tertiary/aromatic N) is 5. The van der Waals surface area contributed by atoms with Gasteiger partial charge in [-0.2, -0.15) is 0 Å². The van der Waals surface area contributed by atoms with Gasteiger partial charge in [0.05, 0.1) is 25.0 Å². The van der Waals surface area contributed by atoms with Crippen molar-refractivity contribution in [3.8, 4) is 0 Å². The summed E-state index contributed by atoms with van der Waals surface area (Å²) in [5.74, 6) is 1.10. The third-order valence-corrected chi connectivity index (χ3v) is 5.81. The number of carbonyl (C=O) groups is 1. The van der Waals surface area contributed by atoms with E-state index >= 15 is 0 Å². The van der Waals surface area contributed by atoms with Crippen LogP contribution in [0.15, 0.2) is 35.7 Å². The number of nitrogens with two attached hydrogens (primary N) is 1. The Morgan fingerprint density at radius 2 is 1.82 bits per heavy atom. The van der Waals surface area contributed by atoms with Crippen molar-refractivity contribution in [3.63, 3.8) is 0 Å². The monoisotopic (exact) mass is 470 g/mol. The molecule has 2 aliphatic rings. The van der Waals surface area contributed by atoms with Crippen molar-refractivity contribution >= 4 is 35.6 Å². The Bertz CT molecular complexity index is 911. The molecule has 2 fully saturated rings. The average molecular weight is 471 g/mol. The lowest BCUT2D eigenvalue weighted by Crippen LogP contribution is -2.42. The van der Waals surface area contributed by atoms with Gasteiger partial charge in [-0.1, -0.05) is 5.16 Å². The number of nitrogen functional groups attached to an aromatic ring is 1. The van der Waals surface area contributed by atoms with Crippen molar-refractivity contribution in [2.75, 3.05) is 74.4 Å². The third-order valence-electron chi connectivity index (χ3n) is 5.81. The van der Waals surface area contributed by atoms with E-state index in [1.807, 2.05) is 7.05 Å². The van der Waals surface area contributed by atoms with Gasteiger partial charge in [-0.3, -0.25) is 4.79 Å². The molecule has 0 aliphatic carbocycles. The van der Waals surface area contributed by atoms with Gasteiger partial charge in [-0.05, 0) is 37.1 Å². The molecular weight excluding hydrogens is 436 g/mol. The van der Waals surface area contributed by atoms with Crippen LogP contribution in [0.25, 0.3) is 0 Å². The Morgan fingerprint density at radius 3 is 2.44 bits per heavy atom. The second-order valence-electron chi connectivity index (χ2n) is 7.86. The highest BCUT2D eigenvalue weighted by molar-refractivity contribution is 5.91. The number of amides is 1. The third kappa shape index (κ3) is 6.95. The number of rotatable bonds is 7. The number of hydrogen-bond acceptors (Lipinski definition) is 10. The Kier molecular flexibility index (Phi) is 9.71. The molecule has 2 aromatic rings. The second kappa shape index (κ2) is 13.2. The van der Waals surface area contributed by atoms with Gasteiger partial charge < -0.3 is 35.7 Å². The zero-order valence-electron chi connectivity index (χ0n) is 19.8. The number of carbonyl (C=O) groups excluding carboxylic acids is 1. The summed E-state index contributed by atoms with van der Waals surface area (Å²) in [5.41, 5.74) is 8.95. The molecule has 184 valence electrons. The lowest BCUT2D eigenvalue weighted by atomic mass is 10.0. The van der Waals surface area contributed by atoms with Crippen LogP contribution in [0.3, 0.4) is 0 Å². The van der Waals surface area contributed by atoms with Crippen LogP contribution in [0.2, 0.25) is 0 Å². The van der Waals surface area contributed by atoms with Gasteiger partial charge in [-0.15, -0.1) is 0 Å². The summed E-state index contributed by atoms with van der Waals surface area (Å²) >= 11 is 0. The van der Waals surface area contributed by atoms with Gasteiger partial charge in [-0.25, -0.2) is 9.97 Å². The van der Waals surface area contributed by atoms with E-state index in [-0.39, 0.29) is 6.04 Å². The summed E-state index contributed by atoms with van der Waals surface area (Å²) < 4.78 is 5.31. The predicted molar refractivity (Wildman–Crippen MR) is 135 cm³/mol. The predicted octanol–water partition coefficient (Wildman–Crippen LogP) is 1.32. The summed E-state index contributed by atoms with van der Waals surface area (Å²) in [6, 6.07) is 8.73. The quantitative estimate of drug-likeness (QED) is 0.311.